The lowest BCUT2D eigenvalue weighted by atomic mass is 10.2. The van der Waals surface area contributed by atoms with Crippen LogP contribution in [0.15, 0.2) is 17.0 Å². The lowest BCUT2D eigenvalue weighted by Gasteiger charge is -2.11. The molecule has 0 aromatic heterocycles. The number of ether oxygens (including phenoxy) is 1. The van der Waals surface area contributed by atoms with E-state index in [1.54, 1.807) is 20.1 Å². The van der Waals surface area contributed by atoms with Crippen LogP contribution in [0, 0.1) is 6.92 Å². The number of benzene rings is 1. The fraction of sp³-hybridized carbons (Fsp3) is 0.538. The zero-order valence-corrected chi connectivity index (χ0v) is 13.4. The maximum absolute atomic E-state index is 12.2. The minimum atomic E-state index is -3.57. The van der Waals surface area contributed by atoms with Crippen molar-refractivity contribution < 1.29 is 13.2 Å². The van der Waals surface area contributed by atoms with Gasteiger partial charge in [-0.15, -0.1) is 0 Å². The lowest BCUT2D eigenvalue weighted by molar-refractivity contribution is 0.192. The second-order valence-electron chi connectivity index (χ2n) is 4.57. The molecule has 1 aromatic carbocycles. The molecule has 5 nitrogen and oxygen atoms in total. The minimum Gasteiger partial charge on any atom is -0.398 e. The van der Waals surface area contributed by atoms with Crippen LogP contribution >= 0.6 is 11.6 Å². The molecule has 0 radical (unpaired) electrons. The molecule has 0 fully saturated rings. The number of rotatable bonds is 8. The van der Waals surface area contributed by atoms with Crippen molar-refractivity contribution in [2.45, 2.75) is 31.1 Å². The molecule has 0 aliphatic carbocycles. The van der Waals surface area contributed by atoms with Gasteiger partial charge in [0.1, 0.15) is 0 Å². The maximum atomic E-state index is 12.2. The SMILES string of the molecule is COCCCCCNS(=O)(=O)c1cc(Cl)cc(N)c1C. The van der Waals surface area contributed by atoms with Crippen LogP contribution in [-0.4, -0.2) is 28.7 Å². The van der Waals surface area contributed by atoms with Gasteiger partial charge in [-0.2, -0.15) is 0 Å². The third-order valence-electron chi connectivity index (χ3n) is 2.97. The van der Waals surface area contributed by atoms with E-state index in [1.807, 2.05) is 0 Å². The van der Waals surface area contributed by atoms with E-state index in [-0.39, 0.29) is 4.90 Å². The van der Waals surface area contributed by atoms with Crippen molar-refractivity contribution >= 4 is 27.3 Å². The van der Waals surface area contributed by atoms with Gasteiger partial charge < -0.3 is 10.5 Å². The first-order valence-electron chi connectivity index (χ1n) is 6.42. The smallest absolute Gasteiger partial charge is 0.240 e. The van der Waals surface area contributed by atoms with Crippen LogP contribution < -0.4 is 10.5 Å². The summed E-state index contributed by atoms with van der Waals surface area (Å²) in [4.78, 5) is 0.138. The molecule has 114 valence electrons. The van der Waals surface area contributed by atoms with Gasteiger partial charge in [0.25, 0.3) is 0 Å². The summed E-state index contributed by atoms with van der Waals surface area (Å²) >= 11 is 5.86. The summed E-state index contributed by atoms with van der Waals surface area (Å²) in [6, 6.07) is 2.96. The van der Waals surface area contributed by atoms with Gasteiger partial charge in [0, 0.05) is 31.0 Å². The van der Waals surface area contributed by atoms with Crippen LogP contribution in [0.4, 0.5) is 5.69 Å². The van der Waals surface area contributed by atoms with Crippen molar-refractivity contribution in [2.75, 3.05) is 26.0 Å². The summed E-state index contributed by atoms with van der Waals surface area (Å²) < 4.78 is 31.9. The van der Waals surface area contributed by atoms with Gasteiger partial charge in [-0.1, -0.05) is 11.6 Å². The fourth-order valence-corrected chi connectivity index (χ4v) is 3.45. The summed E-state index contributed by atoms with van der Waals surface area (Å²) in [7, 11) is -1.93. The highest BCUT2D eigenvalue weighted by atomic mass is 35.5. The monoisotopic (exact) mass is 320 g/mol. The Kier molecular flexibility index (Phi) is 6.75. The highest BCUT2D eigenvalue weighted by Crippen LogP contribution is 2.25. The maximum Gasteiger partial charge on any atom is 0.240 e. The molecule has 0 unspecified atom stereocenters. The molecule has 0 saturated heterocycles. The number of halogens is 1. The molecule has 0 aliphatic rings. The Morgan fingerprint density at radius 2 is 2.00 bits per heavy atom. The van der Waals surface area contributed by atoms with E-state index in [9.17, 15) is 8.42 Å². The van der Waals surface area contributed by atoms with Gasteiger partial charge in [-0.05, 0) is 43.9 Å². The van der Waals surface area contributed by atoms with Gasteiger partial charge >= 0.3 is 0 Å². The van der Waals surface area contributed by atoms with E-state index in [4.69, 9.17) is 22.1 Å². The number of hydrogen-bond donors (Lipinski definition) is 2. The lowest BCUT2D eigenvalue weighted by Crippen LogP contribution is -2.25. The average molecular weight is 321 g/mol. The van der Waals surface area contributed by atoms with E-state index >= 15 is 0 Å². The van der Waals surface area contributed by atoms with Crippen molar-refractivity contribution in [1.82, 2.24) is 4.72 Å². The van der Waals surface area contributed by atoms with E-state index < -0.39 is 10.0 Å². The van der Waals surface area contributed by atoms with Crippen molar-refractivity contribution in [1.29, 1.82) is 0 Å². The number of anilines is 1. The summed E-state index contributed by atoms with van der Waals surface area (Å²) in [5, 5.41) is 0.313. The number of nitrogens with two attached hydrogens (primary N) is 1. The summed E-state index contributed by atoms with van der Waals surface area (Å²) in [6.45, 7) is 2.74. The molecule has 0 heterocycles. The van der Waals surface area contributed by atoms with Gasteiger partial charge in [-0.3, -0.25) is 0 Å². The Balaban J connectivity index is 2.65. The largest absolute Gasteiger partial charge is 0.398 e. The standard InChI is InChI=1S/C13H21ClN2O3S/c1-10-12(15)8-11(14)9-13(10)20(17,18)16-6-4-3-5-7-19-2/h8-9,16H,3-7,15H2,1-2H3. The third kappa shape index (κ3) is 4.94. The first kappa shape index (κ1) is 17.2. The number of nitrogen functional groups attached to an aromatic ring is 1. The predicted molar refractivity (Wildman–Crippen MR) is 81.5 cm³/mol. The molecule has 0 spiro atoms. The Bertz CT molecular complexity index is 547. The molecule has 20 heavy (non-hydrogen) atoms. The molecule has 0 atom stereocenters. The van der Waals surface area contributed by atoms with Crippen LogP contribution in [0.1, 0.15) is 24.8 Å². The Hall–Kier alpha value is -0.820. The predicted octanol–water partition coefficient (Wildman–Crippen LogP) is 2.33. The van der Waals surface area contributed by atoms with Crippen LogP contribution in [0.5, 0.6) is 0 Å². The van der Waals surface area contributed by atoms with Crippen molar-refractivity contribution in [2.24, 2.45) is 0 Å². The quantitative estimate of drug-likeness (QED) is 0.569. The number of nitrogens with one attached hydrogen (secondary N) is 1. The second-order valence-corrected chi connectivity index (χ2v) is 6.74. The summed E-state index contributed by atoms with van der Waals surface area (Å²) in [5.74, 6) is 0. The minimum absolute atomic E-state index is 0.138. The van der Waals surface area contributed by atoms with Gasteiger partial charge in [0.05, 0.1) is 4.90 Å². The number of methoxy groups -OCH3 is 1. The molecular weight excluding hydrogens is 300 g/mol. The van der Waals surface area contributed by atoms with Gasteiger partial charge in [0.2, 0.25) is 10.0 Å². The molecule has 0 aliphatic heterocycles. The van der Waals surface area contributed by atoms with Crippen LogP contribution in [0.2, 0.25) is 5.02 Å². The van der Waals surface area contributed by atoms with E-state index in [2.05, 4.69) is 4.72 Å². The first-order valence-corrected chi connectivity index (χ1v) is 8.29. The van der Waals surface area contributed by atoms with Crippen molar-refractivity contribution in [3.05, 3.63) is 22.7 Å². The zero-order chi connectivity index (χ0) is 15.2. The van der Waals surface area contributed by atoms with E-state index in [1.165, 1.54) is 6.07 Å². The highest BCUT2D eigenvalue weighted by molar-refractivity contribution is 7.89. The number of hydrogen-bond acceptors (Lipinski definition) is 4. The van der Waals surface area contributed by atoms with E-state index in [0.29, 0.717) is 29.4 Å². The molecule has 0 saturated carbocycles. The molecule has 0 bridgehead atoms. The van der Waals surface area contributed by atoms with Gasteiger partial charge in [0.15, 0.2) is 0 Å². The van der Waals surface area contributed by atoms with Gasteiger partial charge in [-0.25, -0.2) is 13.1 Å². The number of sulfonamides is 1. The fourth-order valence-electron chi connectivity index (χ4n) is 1.79. The van der Waals surface area contributed by atoms with Crippen LogP contribution in [0.25, 0.3) is 0 Å². The second kappa shape index (κ2) is 7.83. The molecule has 0 amide bonds. The summed E-state index contributed by atoms with van der Waals surface area (Å²) in [5.41, 5.74) is 6.63. The highest BCUT2D eigenvalue weighted by Gasteiger charge is 2.18. The normalized spacial score (nSPS) is 11.8. The first-order chi connectivity index (χ1) is 9.38. The molecule has 1 aromatic rings. The third-order valence-corrected chi connectivity index (χ3v) is 4.78. The van der Waals surface area contributed by atoms with E-state index in [0.717, 1.165) is 19.3 Å². The Labute approximate surface area is 125 Å². The molecule has 1 rings (SSSR count). The van der Waals surface area contributed by atoms with Crippen LogP contribution in [-0.2, 0) is 14.8 Å². The van der Waals surface area contributed by atoms with Crippen molar-refractivity contribution in [3.63, 3.8) is 0 Å². The topological polar surface area (TPSA) is 81.4 Å². The number of unbranched alkanes of at least 4 members (excludes halogenated alkanes) is 2. The summed E-state index contributed by atoms with van der Waals surface area (Å²) in [6.07, 6.45) is 2.59. The zero-order valence-electron chi connectivity index (χ0n) is 11.8. The van der Waals surface area contributed by atoms with Crippen molar-refractivity contribution in [3.8, 4) is 0 Å². The Morgan fingerprint density at radius 3 is 2.65 bits per heavy atom. The Morgan fingerprint density at radius 1 is 1.30 bits per heavy atom. The molecule has 7 heteroatoms. The molecule has 3 N–H and O–H groups in total. The van der Waals surface area contributed by atoms with Crippen LogP contribution in [0.3, 0.4) is 0 Å². The molecular formula is C13H21ClN2O3S. The average Bonchev–Trinajstić information content (AvgIpc) is 2.37.